The third kappa shape index (κ3) is 1.77. The monoisotopic (exact) mass is 259 g/mol. The molecule has 4 N–H and O–H groups in total. The maximum absolute atomic E-state index is 11.6. The second kappa shape index (κ2) is 4.28. The highest BCUT2D eigenvalue weighted by atomic mass is 16.6. The van der Waals surface area contributed by atoms with Crippen LogP contribution in [0.2, 0.25) is 0 Å². The number of nitrogens with one attached hydrogen (secondary N) is 1. The number of ether oxygens (including phenoxy) is 1. The summed E-state index contributed by atoms with van der Waals surface area (Å²) in [5, 5.41) is 28.5. The lowest BCUT2D eigenvalue weighted by molar-refractivity contribution is -0.137. The van der Waals surface area contributed by atoms with Crippen molar-refractivity contribution in [2.24, 2.45) is 0 Å². The van der Waals surface area contributed by atoms with E-state index in [1.165, 1.54) is 6.92 Å². The summed E-state index contributed by atoms with van der Waals surface area (Å²) in [6.07, 6.45) is -2.90. The molecule has 1 aliphatic rings. The molecule has 1 aromatic rings. The summed E-state index contributed by atoms with van der Waals surface area (Å²) in [6, 6.07) is 0. The number of nitrogens with zero attached hydrogens (tertiary/aromatic N) is 2. The molecule has 1 aliphatic heterocycles. The summed E-state index contributed by atoms with van der Waals surface area (Å²) in [5.74, 6) is 0. The van der Waals surface area contributed by atoms with Crippen LogP contribution in [0.1, 0.15) is 6.92 Å². The van der Waals surface area contributed by atoms with Crippen LogP contribution in [-0.4, -0.2) is 54.8 Å². The summed E-state index contributed by atoms with van der Waals surface area (Å²) in [6.45, 7) is 0.831. The lowest BCUT2D eigenvalue weighted by atomic mass is 10.0. The van der Waals surface area contributed by atoms with E-state index in [1.807, 2.05) is 4.98 Å². The molecule has 9 heteroatoms. The second-order valence-corrected chi connectivity index (χ2v) is 4.18. The van der Waals surface area contributed by atoms with Crippen molar-refractivity contribution in [3.8, 4) is 0 Å². The first-order valence-electron chi connectivity index (χ1n) is 5.23. The van der Waals surface area contributed by atoms with Crippen molar-refractivity contribution in [2.45, 2.75) is 31.0 Å². The Bertz CT molecular complexity index is 554. The van der Waals surface area contributed by atoms with Crippen LogP contribution in [0.5, 0.6) is 0 Å². The maximum atomic E-state index is 11.6. The van der Waals surface area contributed by atoms with Gasteiger partial charge >= 0.3 is 11.4 Å². The van der Waals surface area contributed by atoms with Crippen molar-refractivity contribution < 1.29 is 20.1 Å². The molecule has 1 saturated heterocycles. The average Bonchev–Trinajstić information content (AvgIpc) is 2.54. The van der Waals surface area contributed by atoms with E-state index < -0.39 is 42.0 Å². The predicted octanol–water partition coefficient (Wildman–Crippen LogP) is -3.28. The molecular formula is C9H13N3O6. The number of aromatic nitrogens is 3. The van der Waals surface area contributed by atoms with Gasteiger partial charge in [-0.2, -0.15) is 4.98 Å². The molecule has 4 atom stereocenters. The topological polar surface area (TPSA) is 138 Å². The van der Waals surface area contributed by atoms with Gasteiger partial charge in [0.15, 0.2) is 5.72 Å². The van der Waals surface area contributed by atoms with Gasteiger partial charge in [0, 0.05) is 0 Å². The van der Waals surface area contributed by atoms with Gasteiger partial charge in [-0.15, -0.1) is 0 Å². The molecule has 0 amide bonds. The highest BCUT2D eigenvalue weighted by Crippen LogP contribution is 2.33. The quantitative estimate of drug-likeness (QED) is 0.437. The number of rotatable bonds is 2. The first kappa shape index (κ1) is 12.9. The fourth-order valence-corrected chi connectivity index (χ4v) is 1.97. The Kier molecular flexibility index (Phi) is 3.07. The number of aliphatic hydroxyl groups excluding tert-OH is 3. The molecule has 0 aliphatic carbocycles. The Morgan fingerprint density at radius 3 is 2.72 bits per heavy atom. The van der Waals surface area contributed by atoms with Gasteiger partial charge in [-0.05, 0) is 6.92 Å². The van der Waals surface area contributed by atoms with E-state index in [0.717, 1.165) is 10.9 Å². The summed E-state index contributed by atoms with van der Waals surface area (Å²) in [5.41, 5.74) is -3.27. The molecule has 18 heavy (non-hydrogen) atoms. The van der Waals surface area contributed by atoms with Crippen LogP contribution in [0.25, 0.3) is 0 Å². The van der Waals surface area contributed by atoms with Crippen molar-refractivity contribution >= 4 is 0 Å². The number of hydrogen-bond donors (Lipinski definition) is 4. The lowest BCUT2D eigenvalue weighted by Gasteiger charge is -2.28. The summed E-state index contributed by atoms with van der Waals surface area (Å²) < 4.78 is 6.14. The van der Waals surface area contributed by atoms with Gasteiger partial charge in [0.05, 0.1) is 6.61 Å². The number of hydrogen-bond acceptors (Lipinski definition) is 7. The van der Waals surface area contributed by atoms with Gasteiger partial charge in [0.25, 0.3) is 0 Å². The first-order valence-corrected chi connectivity index (χ1v) is 5.23. The molecule has 2 heterocycles. The minimum absolute atomic E-state index is 0.515. The van der Waals surface area contributed by atoms with E-state index in [0.29, 0.717) is 0 Å². The van der Waals surface area contributed by atoms with Crippen molar-refractivity contribution in [3.05, 3.63) is 27.3 Å². The number of aromatic amines is 1. The molecule has 0 spiro atoms. The largest absolute Gasteiger partial charge is 0.394 e. The molecular weight excluding hydrogens is 246 g/mol. The van der Waals surface area contributed by atoms with E-state index >= 15 is 0 Å². The summed E-state index contributed by atoms with van der Waals surface area (Å²) in [4.78, 5) is 27.7. The van der Waals surface area contributed by atoms with Gasteiger partial charge < -0.3 is 20.1 Å². The highest BCUT2D eigenvalue weighted by molar-refractivity contribution is 4.97. The van der Waals surface area contributed by atoms with Crippen LogP contribution in [-0.2, 0) is 10.5 Å². The van der Waals surface area contributed by atoms with Crippen molar-refractivity contribution in [1.29, 1.82) is 0 Å². The SMILES string of the molecule is C[C@@]1(n2cnc(=O)[nH]c2=O)O[C@H](CO)[C@@H](O)[C@H]1O. The van der Waals surface area contributed by atoms with E-state index in [4.69, 9.17) is 9.84 Å². The van der Waals surface area contributed by atoms with Gasteiger partial charge in [0.2, 0.25) is 0 Å². The minimum Gasteiger partial charge on any atom is -0.394 e. The van der Waals surface area contributed by atoms with Gasteiger partial charge in [-0.25, -0.2) is 9.59 Å². The lowest BCUT2D eigenvalue weighted by Crippen LogP contribution is -2.50. The molecule has 0 saturated carbocycles. The zero-order valence-corrected chi connectivity index (χ0v) is 9.48. The van der Waals surface area contributed by atoms with Crippen LogP contribution in [0.3, 0.4) is 0 Å². The molecule has 0 aromatic carbocycles. The first-order chi connectivity index (χ1) is 8.40. The molecule has 1 aromatic heterocycles. The average molecular weight is 259 g/mol. The van der Waals surface area contributed by atoms with Crippen molar-refractivity contribution in [2.75, 3.05) is 6.61 Å². The molecule has 0 radical (unpaired) electrons. The fourth-order valence-electron chi connectivity index (χ4n) is 1.97. The molecule has 100 valence electrons. The van der Waals surface area contributed by atoms with E-state index in [2.05, 4.69) is 4.98 Å². The zero-order valence-electron chi connectivity index (χ0n) is 9.48. The van der Waals surface area contributed by atoms with Crippen LogP contribution in [0.15, 0.2) is 15.9 Å². The van der Waals surface area contributed by atoms with E-state index in [1.54, 1.807) is 0 Å². The molecule has 9 nitrogen and oxygen atoms in total. The van der Waals surface area contributed by atoms with Crippen LogP contribution < -0.4 is 11.4 Å². The van der Waals surface area contributed by atoms with Crippen LogP contribution in [0, 0.1) is 0 Å². The maximum Gasteiger partial charge on any atom is 0.350 e. The number of H-pyrrole nitrogens is 1. The highest BCUT2D eigenvalue weighted by Gasteiger charge is 2.52. The van der Waals surface area contributed by atoms with Gasteiger partial charge in [-0.1, -0.05) is 0 Å². The zero-order chi connectivity index (χ0) is 13.5. The van der Waals surface area contributed by atoms with Crippen LogP contribution in [0.4, 0.5) is 0 Å². The van der Waals surface area contributed by atoms with Crippen molar-refractivity contribution in [3.63, 3.8) is 0 Å². The van der Waals surface area contributed by atoms with Crippen molar-refractivity contribution in [1.82, 2.24) is 14.5 Å². The number of aliphatic hydroxyl groups is 3. The third-order valence-corrected chi connectivity index (χ3v) is 3.02. The molecule has 0 unspecified atom stereocenters. The Labute approximate surface area is 100 Å². The fraction of sp³-hybridized carbons (Fsp3) is 0.667. The minimum atomic E-state index is -1.61. The standard InChI is InChI=1S/C9H13N3O6/c1-9(6(15)5(14)4(2-13)18-9)12-3-10-7(16)11-8(12)17/h3-6,13-15H,2H2,1H3,(H,11,16,17)/t4-,5-,6-,9-/m1/s1. The Morgan fingerprint density at radius 1 is 1.56 bits per heavy atom. The second-order valence-electron chi connectivity index (χ2n) is 4.18. The Hall–Kier alpha value is -1.55. The smallest absolute Gasteiger partial charge is 0.350 e. The van der Waals surface area contributed by atoms with E-state index in [9.17, 15) is 19.8 Å². The Morgan fingerprint density at radius 2 is 2.22 bits per heavy atom. The molecule has 1 fully saturated rings. The third-order valence-electron chi connectivity index (χ3n) is 3.02. The predicted molar refractivity (Wildman–Crippen MR) is 56.7 cm³/mol. The molecule has 0 bridgehead atoms. The molecule has 2 rings (SSSR count). The summed E-state index contributed by atoms with van der Waals surface area (Å²) >= 11 is 0. The van der Waals surface area contributed by atoms with Gasteiger partial charge in [-0.3, -0.25) is 9.55 Å². The van der Waals surface area contributed by atoms with E-state index in [-0.39, 0.29) is 0 Å². The van der Waals surface area contributed by atoms with Gasteiger partial charge in [0.1, 0.15) is 24.6 Å². The van der Waals surface area contributed by atoms with Crippen LogP contribution >= 0.6 is 0 Å². The summed E-state index contributed by atoms with van der Waals surface area (Å²) in [7, 11) is 0. The Balaban J connectivity index is 2.49. The normalized spacial score (nSPS) is 35.9.